The highest BCUT2D eigenvalue weighted by molar-refractivity contribution is 6.31. The van der Waals surface area contributed by atoms with Gasteiger partial charge < -0.3 is 20.5 Å². The normalized spacial score (nSPS) is 24.9. The molecule has 1 aliphatic heterocycles. The molecule has 3 atom stereocenters. The Balaban J connectivity index is 1.49. The Kier molecular flexibility index (Phi) is 6.88. The van der Waals surface area contributed by atoms with Crippen molar-refractivity contribution in [1.82, 2.24) is 10.6 Å². The molecule has 1 heterocycles. The third-order valence-corrected chi connectivity index (χ3v) is 5.44. The standard InChI is InChI=1S/C20H25ClN2O4/c21-16-7-2-1-4-14(16)11-22-19(25)10-15-8-9-17(18(12-24)27-15)23-20(26)13-5-3-6-13/h1-2,4,7-9,13,15,17-18,24H,3,5-6,10-12H2,(H,22,25)(H,23,26)/t15-,17-,18+/m0/s1. The number of hydrogen-bond donors (Lipinski definition) is 3. The number of benzene rings is 1. The number of aliphatic hydroxyl groups is 1. The van der Waals surface area contributed by atoms with Crippen LogP contribution in [0.4, 0.5) is 0 Å². The fraction of sp³-hybridized carbons (Fsp3) is 0.500. The first-order chi connectivity index (χ1) is 13.1. The summed E-state index contributed by atoms with van der Waals surface area (Å²) in [5.41, 5.74) is 0.847. The zero-order chi connectivity index (χ0) is 19.2. The number of ether oxygens (including phenoxy) is 1. The summed E-state index contributed by atoms with van der Waals surface area (Å²) >= 11 is 6.08. The lowest BCUT2D eigenvalue weighted by Gasteiger charge is -2.33. The van der Waals surface area contributed by atoms with E-state index in [-0.39, 0.29) is 36.8 Å². The molecule has 1 aromatic carbocycles. The number of nitrogens with one attached hydrogen (secondary N) is 2. The highest BCUT2D eigenvalue weighted by Crippen LogP contribution is 2.27. The Hall–Kier alpha value is -1.89. The number of carbonyl (C=O) groups excluding carboxylic acids is 2. The van der Waals surface area contributed by atoms with E-state index in [1.165, 1.54) is 0 Å². The van der Waals surface area contributed by atoms with Gasteiger partial charge >= 0.3 is 0 Å². The molecule has 1 fully saturated rings. The quantitative estimate of drug-likeness (QED) is 0.619. The molecule has 27 heavy (non-hydrogen) atoms. The average Bonchev–Trinajstić information content (AvgIpc) is 2.60. The average molecular weight is 393 g/mol. The van der Waals surface area contributed by atoms with Crippen LogP contribution in [0.15, 0.2) is 36.4 Å². The minimum absolute atomic E-state index is 0.00822. The smallest absolute Gasteiger partial charge is 0.223 e. The molecule has 7 heteroatoms. The summed E-state index contributed by atoms with van der Waals surface area (Å²) in [5, 5.41) is 15.9. The summed E-state index contributed by atoms with van der Waals surface area (Å²) in [7, 11) is 0. The van der Waals surface area contributed by atoms with E-state index in [0.717, 1.165) is 24.8 Å². The first-order valence-electron chi connectivity index (χ1n) is 9.32. The van der Waals surface area contributed by atoms with Crippen molar-refractivity contribution < 1.29 is 19.4 Å². The van der Waals surface area contributed by atoms with Gasteiger partial charge in [0.1, 0.15) is 6.10 Å². The Morgan fingerprint density at radius 2 is 2.00 bits per heavy atom. The lowest BCUT2D eigenvalue weighted by Crippen LogP contribution is -2.51. The summed E-state index contributed by atoms with van der Waals surface area (Å²) in [4.78, 5) is 24.3. The lowest BCUT2D eigenvalue weighted by atomic mass is 9.84. The van der Waals surface area contributed by atoms with E-state index < -0.39 is 12.2 Å². The molecule has 6 nitrogen and oxygen atoms in total. The van der Waals surface area contributed by atoms with Crippen molar-refractivity contribution in [2.24, 2.45) is 5.92 Å². The van der Waals surface area contributed by atoms with Crippen LogP contribution in [-0.2, 0) is 20.9 Å². The minimum atomic E-state index is -0.555. The van der Waals surface area contributed by atoms with Crippen LogP contribution in [0.2, 0.25) is 5.02 Å². The van der Waals surface area contributed by atoms with Crippen LogP contribution in [0.25, 0.3) is 0 Å². The van der Waals surface area contributed by atoms with Gasteiger partial charge in [-0.2, -0.15) is 0 Å². The molecule has 3 rings (SSSR count). The fourth-order valence-corrected chi connectivity index (χ4v) is 3.38. The van der Waals surface area contributed by atoms with E-state index in [0.29, 0.717) is 11.6 Å². The molecule has 1 saturated carbocycles. The fourth-order valence-electron chi connectivity index (χ4n) is 3.18. The Morgan fingerprint density at radius 1 is 1.22 bits per heavy atom. The van der Waals surface area contributed by atoms with Gasteiger partial charge in [0.05, 0.1) is 25.2 Å². The summed E-state index contributed by atoms with van der Waals surface area (Å²) < 4.78 is 5.79. The van der Waals surface area contributed by atoms with E-state index in [2.05, 4.69) is 10.6 Å². The molecule has 0 saturated heterocycles. The van der Waals surface area contributed by atoms with E-state index in [9.17, 15) is 14.7 Å². The number of rotatable bonds is 7. The van der Waals surface area contributed by atoms with E-state index in [1.807, 2.05) is 24.3 Å². The second kappa shape index (κ2) is 9.35. The van der Waals surface area contributed by atoms with Crippen LogP contribution in [0, 0.1) is 5.92 Å². The van der Waals surface area contributed by atoms with Gasteiger partial charge in [-0.15, -0.1) is 0 Å². The van der Waals surface area contributed by atoms with Gasteiger partial charge in [-0.05, 0) is 24.5 Å². The zero-order valence-corrected chi connectivity index (χ0v) is 15.8. The second-order valence-corrected chi connectivity index (χ2v) is 7.42. The Morgan fingerprint density at radius 3 is 2.67 bits per heavy atom. The van der Waals surface area contributed by atoms with Crippen molar-refractivity contribution in [1.29, 1.82) is 0 Å². The SMILES string of the molecule is O=C(C[C@@H]1C=C[C@H](NC(=O)C2CCC2)[C@@H](CO)O1)NCc1ccccc1Cl. The first kappa shape index (κ1) is 19.9. The highest BCUT2D eigenvalue weighted by Gasteiger charge is 2.32. The first-order valence-corrected chi connectivity index (χ1v) is 9.69. The number of aliphatic hydroxyl groups excluding tert-OH is 1. The molecule has 1 aromatic rings. The molecule has 0 unspecified atom stereocenters. The molecule has 146 valence electrons. The van der Waals surface area contributed by atoms with Gasteiger partial charge in [-0.25, -0.2) is 0 Å². The third kappa shape index (κ3) is 5.31. The van der Waals surface area contributed by atoms with Gasteiger partial charge in [0.2, 0.25) is 11.8 Å². The van der Waals surface area contributed by atoms with Gasteiger partial charge in [0, 0.05) is 17.5 Å². The Labute approximate surface area is 163 Å². The van der Waals surface area contributed by atoms with Gasteiger partial charge in [-0.1, -0.05) is 48.4 Å². The summed E-state index contributed by atoms with van der Waals surface area (Å²) in [6, 6.07) is 6.97. The number of amides is 2. The van der Waals surface area contributed by atoms with Crippen LogP contribution < -0.4 is 10.6 Å². The Bertz CT molecular complexity index is 705. The molecular formula is C20H25ClN2O4. The van der Waals surface area contributed by atoms with E-state index in [4.69, 9.17) is 16.3 Å². The van der Waals surface area contributed by atoms with Gasteiger partial charge in [0.25, 0.3) is 0 Å². The maximum atomic E-state index is 12.2. The highest BCUT2D eigenvalue weighted by atomic mass is 35.5. The summed E-state index contributed by atoms with van der Waals surface area (Å²) in [5.74, 6) is -0.0850. The van der Waals surface area contributed by atoms with Gasteiger partial charge in [-0.3, -0.25) is 9.59 Å². The van der Waals surface area contributed by atoms with Crippen molar-refractivity contribution in [3.63, 3.8) is 0 Å². The number of hydrogen-bond acceptors (Lipinski definition) is 4. The van der Waals surface area contributed by atoms with Crippen molar-refractivity contribution in [2.75, 3.05) is 6.61 Å². The molecule has 0 radical (unpaired) electrons. The maximum absolute atomic E-state index is 12.2. The topological polar surface area (TPSA) is 87.7 Å². The maximum Gasteiger partial charge on any atom is 0.223 e. The van der Waals surface area contributed by atoms with Crippen LogP contribution in [0.3, 0.4) is 0 Å². The molecule has 0 bridgehead atoms. The van der Waals surface area contributed by atoms with E-state index in [1.54, 1.807) is 12.1 Å². The van der Waals surface area contributed by atoms with Crippen molar-refractivity contribution in [3.05, 3.63) is 47.0 Å². The molecule has 2 amide bonds. The monoisotopic (exact) mass is 392 g/mol. The molecule has 0 spiro atoms. The molecule has 3 N–H and O–H groups in total. The van der Waals surface area contributed by atoms with Crippen molar-refractivity contribution in [2.45, 2.75) is 50.5 Å². The second-order valence-electron chi connectivity index (χ2n) is 7.01. The van der Waals surface area contributed by atoms with Crippen molar-refractivity contribution in [3.8, 4) is 0 Å². The van der Waals surface area contributed by atoms with Crippen LogP contribution >= 0.6 is 11.6 Å². The largest absolute Gasteiger partial charge is 0.394 e. The third-order valence-electron chi connectivity index (χ3n) is 5.07. The van der Waals surface area contributed by atoms with Crippen molar-refractivity contribution >= 4 is 23.4 Å². The summed E-state index contributed by atoms with van der Waals surface area (Å²) in [6.45, 7) is 0.121. The van der Waals surface area contributed by atoms with E-state index >= 15 is 0 Å². The predicted molar refractivity (Wildman–Crippen MR) is 102 cm³/mol. The molecular weight excluding hydrogens is 368 g/mol. The van der Waals surface area contributed by atoms with Gasteiger partial charge in [0.15, 0.2) is 0 Å². The molecule has 1 aliphatic carbocycles. The number of halogens is 1. The number of carbonyl (C=O) groups is 2. The predicted octanol–water partition coefficient (Wildman–Crippen LogP) is 1.95. The molecule has 0 aromatic heterocycles. The van der Waals surface area contributed by atoms with Crippen LogP contribution in [0.5, 0.6) is 0 Å². The summed E-state index contributed by atoms with van der Waals surface area (Å²) in [6.07, 6.45) is 5.65. The molecule has 2 aliphatic rings. The lowest BCUT2D eigenvalue weighted by molar-refractivity contribution is -0.132. The minimum Gasteiger partial charge on any atom is -0.394 e. The zero-order valence-electron chi connectivity index (χ0n) is 15.1. The van der Waals surface area contributed by atoms with Crippen LogP contribution in [-0.4, -0.2) is 41.8 Å². The van der Waals surface area contributed by atoms with Crippen LogP contribution in [0.1, 0.15) is 31.2 Å².